The summed E-state index contributed by atoms with van der Waals surface area (Å²) < 4.78 is 10.3. The molecule has 0 aliphatic heterocycles. The molecule has 6 heteroatoms. The smallest absolute Gasteiger partial charge is 0.407 e. The molecule has 6 nitrogen and oxygen atoms in total. The summed E-state index contributed by atoms with van der Waals surface area (Å²) in [6, 6.07) is 9.51. The lowest BCUT2D eigenvalue weighted by atomic mass is 10.1. The third-order valence-electron chi connectivity index (χ3n) is 3.11. The van der Waals surface area contributed by atoms with E-state index < -0.39 is 17.8 Å². The number of carbonyl (C=O) groups excluding carboxylic acids is 2. The number of benzene rings is 1. The van der Waals surface area contributed by atoms with Gasteiger partial charge in [-0.3, -0.25) is 0 Å². The fourth-order valence-corrected chi connectivity index (χ4v) is 1.87. The van der Waals surface area contributed by atoms with Gasteiger partial charge >= 0.3 is 12.2 Å². The van der Waals surface area contributed by atoms with E-state index in [-0.39, 0.29) is 12.5 Å². The van der Waals surface area contributed by atoms with Crippen molar-refractivity contribution < 1.29 is 19.1 Å². The topological polar surface area (TPSA) is 76.7 Å². The number of alkyl carbamates (subject to hydrolysis) is 2. The van der Waals surface area contributed by atoms with Crippen LogP contribution in [0.3, 0.4) is 0 Å². The minimum atomic E-state index is -0.503. The SMILES string of the molecule is C[C@@H](CCNC(=O)OCc1ccccc1)CNC(=O)OC(C)(C)C. The largest absolute Gasteiger partial charge is 0.445 e. The molecular weight excluding hydrogens is 308 g/mol. The standard InChI is InChI=1S/C18H28N2O4/c1-14(12-20-17(22)24-18(2,3)4)10-11-19-16(21)23-13-15-8-6-5-7-9-15/h5-9,14H,10-13H2,1-4H3,(H,19,21)(H,20,22)/t14-/m0/s1. The van der Waals surface area contributed by atoms with Gasteiger partial charge in [-0.2, -0.15) is 0 Å². The maximum absolute atomic E-state index is 11.6. The van der Waals surface area contributed by atoms with Crippen LogP contribution in [0, 0.1) is 5.92 Å². The normalized spacial score (nSPS) is 12.2. The quantitative estimate of drug-likeness (QED) is 0.799. The molecule has 2 N–H and O–H groups in total. The van der Waals surface area contributed by atoms with Gasteiger partial charge < -0.3 is 20.1 Å². The molecule has 0 spiro atoms. The van der Waals surface area contributed by atoms with E-state index in [4.69, 9.17) is 9.47 Å². The highest BCUT2D eigenvalue weighted by Gasteiger charge is 2.16. The Kier molecular flexibility index (Phi) is 8.09. The van der Waals surface area contributed by atoms with Gasteiger partial charge in [-0.05, 0) is 38.7 Å². The summed E-state index contributed by atoms with van der Waals surface area (Å²) in [4.78, 5) is 23.1. The molecule has 0 aliphatic carbocycles. The van der Waals surface area contributed by atoms with Crippen LogP contribution in [0.15, 0.2) is 30.3 Å². The monoisotopic (exact) mass is 336 g/mol. The Labute approximate surface area is 143 Å². The van der Waals surface area contributed by atoms with E-state index in [1.165, 1.54) is 0 Å². The van der Waals surface area contributed by atoms with Gasteiger partial charge in [0, 0.05) is 13.1 Å². The van der Waals surface area contributed by atoms with Gasteiger partial charge in [0.25, 0.3) is 0 Å². The Bertz CT molecular complexity index is 512. The predicted octanol–water partition coefficient (Wildman–Crippen LogP) is 3.46. The van der Waals surface area contributed by atoms with Crippen LogP contribution >= 0.6 is 0 Å². The summed E-state index contributed by atoms with van der Waals surface area (Å²) in [5.74, 6) is 0.215. The van der Waals surface area contributed by atoms with Gasteiger partial charge in [-0.15, -0.1) is 0 Å². The van der Waals surface area contributed by atoms with Gasteiger partial charge in [0.1, 0.15) is 12.2 Å². The Morgan fingerprint density at radius 1 is 1.08 bits per heavy atom. The lowest BCUT2D eigenvalue weighted by Gasteiger charge is -2.20. The molecule has 0 aromatic heterocycles. The second-order valence-electron chi connectivity index (χ2n) is 6.77. The summed E-state index contributed by atoms with van der Waals surface area (Å²) in [5, 5.41) is 5.42. The van der Waals surface area contributed by atoms with E-state index >= 15 is 0 Å². The third-order valence-corrected chi connectivity index (χ3v) is 3.11. The second-order valence-corrected chi connectivity index (χ2v) is 6.77. The number of rotatable bonds is 7. The molecule has 134 valence electrons. The Morgan fingerprint density at radius 2 is 1.75 bits per heavy atom. The molecule has 1 rings (SSSR count). The lowest BCUT2D eigenvalue weighted by Crippen LogP contribution is -2.35. The molecule has 0 radical (unpaired) electrons. The van der Waals surface area contributed by atoms with E-state index in [1.807, 2.05) is 58.0 Å². The highest BCUT2D eigenvalue weighted by atomic mass is 16.6. The van der Waals surface area contributed by atoms with Crippen LogP contribution in [-0.4, -0.2) is 30.9 Å². The number of carbonyl (C=O) groups is 2. The first-order valence-corrected chi connectivity index (χ1v) is 8.17. The number of amides is 2. The molecule has 1 aromatic carbocycles. The van der Waals surface area contributed by atoms with Gasteiger partial charge in [0.2, 0.25) is 0 Å². The van der Waals surface area contributed by atoms with Crippen LogP contribution < -0.4 is 10.6 Å². The summed E-state index contributed by atoms with van der Waals surface area (Å²) >= 11 is 0. The number of hydrogen-bond acceptors (Lipinski definition) is 4. The van der Waals surface area contributed by atoms with E-state index in [0.29, 0.717) is 13.1 Å². The van der Waals surface area contributed by atoms with Crippen molar-refractivity contribution in [2.45, 2.75) is 46.3 Å². The van der Waals surface area contributed by atoms with Gasteiger partial charge in [0.15, 0.2) is 0 Å². The average molecular weight is 336 g/mol. The van der Waals surface area contributed by atoms with Crippen LogP contribution in [0.5, 0.6) is 0 Å². The van der Waals surface area contributed by atoms with E-state index in [9.17, 15) is 9.59 Å². The average Bonchev–Trinajstić information content (AvgIpc) is 2.50. The van der Waals surface area contributed by atoms with E-state index in [0.717, 1.165) is 12.0 Å². The number of ether oxygens (including phenoxy) is 2. The Hall–Kier alpha value is -2.24. The molecule has 0 heterocycles. The van der Waals surface area contributed by atoms with Crippen molar-refractivity contribution in [2.75, 3.05) is 13.1 Å². The number of nitrogens with one attached hydrogen (secondary N) is 2. The van der Waals surface area contributed by atoms with E-state index in [1.54, 1.807) is 0 Å². The first kappa shape index (κ1) is 19.8. The summed E-state index contributed by atoms with van der Waals surface area (Å²) in [6.45, 7) is 8.69. The third kappa shape index (κ3) is 9.71. The van der Waals surface area contributed by atoms with Crippen molar-refractivity contribution in [2.24, 2.45) is 5.92 Å². The molecule has 1 aromatic rings. The molecule has 1 atom stereocenters. The fourth-order valence-electron chi connectivity index (χ4n) is 1.87. The van der Waals surface area contributed by atoms with Gasteiger partial charge in [-0.25, -0.2) is 9.59 Å². The molecule has 0 aliphatic rings. The molecule has 0 unspecified atom stereocenters. The zero-order valence-electron chi connectivity index (χ0n) is 14.9. The number of hydrogen-bond donors (Lipinski definition) is 2. The summed E-state index contributed by atoms with van der Waals surface area (Å²) in [7, 11) is 0. The molecule has 0 saturated heterocycles. The van der Waals surface area contributed by atoms with E-state index in [2.05, 4.69) is 10.6 Å². The zero-order chi connectivity index (χ0) is 18.0. The molecule has 24 heavy (non-hydrogen) atoms. The maximum Gasteiger partial charge on any atom is 0.407 e. The lowest BCUT2D eigenvalue weighted by molar-refractivity contribution is 0.0519. The molecule has 0 fully saturated rings. The first-order valence-electron chi connectivity index (χ1n) is 8.17. The highest BCUT2D eigenvalue weighted by Crippen LogP contribution is 2.07. The summed E-state index contributed by atoms with van der Waals surface area (Å²) in [6.07, 6.45) is -0.133. The van der Waals surface area contributed by atoms with Crippen LogP contribution in [0.1, 0.15) is 39.7 Å². The Morgan fingerprint density at radius 3 is 2.38 bits per heavy atom. The minimum absolute atomic E-state index is 0.215. The van der Waals surface area contributed by atoms with Gasteiger partial charge in [-0.1, -0.05) is 37.3 Å². The van der Waals surface area contributed by atoms with Crippen molar-refractivity contribution in [3.63, 3.8) is 0 Å². The minimum Gasteiger partial charge on any atom is -0.445 e. The van der Waals surface area contributed by atoms with Gasteiger partial charge in [0.05, 0.1) is 0 Å². The van der Waals surface area contributed by atoms with Crippen molar-refractivity contribution in [1.82, 2.24) is 10.6 Å². The summed E-state index contributed by atoms with van der Waals surface area (Å²) in [5.41, 5.74) is 0.444. The first-order chi connectivity index (χ1) is 11.3. The van der Waals surface area contributed by atoms with Crippen molar-refractivity contribution in [3.05, 3.63) is 35.9 Å². The van der Waals surface area contributed by atoms with Crippen molar-refractivity contribution >= 4 is 12.2 Å². The van der Waals surface area contributed by atoms with Crippen molar-refractivity contribution in [3.8, 4) is 0 Å². The molecular formula is C18H28N2O4. The van der Waals surface area contributed by atoms with Crippen LogP contribution in [-0.2, 0) is 16.1 Å². The van der Waals surface area contributed by atoms with Crippen LogP contribution in [0.2, 0.25) is 0 Å². The predicted molar refractivity (Wildman–Crippen MR) is 92.6 cm³/mol. The highest BCUT2D eigenvalue weighted by molar-refractivity contribution is 5.67. The molecule has 2 amide bonds. The van der Waals surface area contributed by atoms with Crippen molar-refractivity contribution in [1.29, 1.82) is 0 Å². The van der Waals surface area contributed by atoms with Crippen LogP contribution in [0.25, 0.3) is 0 Å². The Balaban J connectivity index is 2.11. The molecule has 0 bridgehead atoms. The zero-order valence-corrected chi connectivity index (χ0v) is 14.9. The van der Waals surface area contributed by atoms with Crippen LogP contribution in [0.4, 0.5) is 9.59 Å². The maximum atomic E-state index is 11.6. The second kappa shape index (κ2) is 9.80. The fraction of sp³-hybridized carbons (Fsp3) is 0.556. The molecule has 0 saturated carbocycles.